The van der Waals surface area contributed by atoms with Crippen molar-refractivity contribution < 1.29 is 14.6 Å². The molecule has 0 amide bonds. The highest BCUT2D eigenvalue weighted by Gasteiger charge is 2.16. The first-order chi connectivity index (χ1) is 10.9. The molecule has 2 heterocycles. The minimum Gasteiger partial charge on any atom is -0.493 e. The molecule has 0 aliphatic rings. The number of carboxylic acids is 1. The average molecular weight is 330 g/mol. The number of nitrogens with zero attached hydrogens (tertiary/aromatic N) is 1. The summed E-state index contributed by atoms with van der Waals surface area (Å²) in [4.78, 5) is 19.1. The van der Waals surface area contributed by atoms with Crippen LogP contribution >= 0.6 is 11.3 Å². The predicted molar refractivity (Wildman–Crippen MR) is 91.4 cm³/mol. The molecule has 0 spiro atoms. The number of rotatable bonds is 5. The van der Waals surface area contributed by atoms with Gasteiger partial charge in [-0.3, -0.25) is 0 Å². The topological polar surface area (TPSA) is 75.2 Å². The SMILES string of the molecule is Cc1nc(-c2cc3ccc(OCC(C)C)cc3[nH]2)sc1C(=O)O. The molecule has 2 N–H and O–H groups in total. The highest BCUT2D eigenvalue weighted by molar-refractivity contribution is 7.17. The van der Waals surface area contributed by atoms with Gasteiger partial charge >= 0.3 is 5.97 Å². The largest absolute Gasteiger partial charge is 0.493 e. The Morgan fingerprint density at radius 3 is 2.83 bits per heavy atom. The van der Waals surface area contributed by atoms with E-state index in [-0.39, 0.29) is 4.88 Å². The van der Waals surface area contributed by atoms with Crippen molar-refractivity contribution >= 4 is 28.2 Å². The summed E-state index contributed by atoms with van der Waals surface area (Å²) in [6, 6.07) is 7.87. The second-order valence-corrected chi connectivity index (χ2v) is 6.87. The third-order valence-electron chi connectivity index (χ3n) is 3.40. The van der Waals surface area contributed by atoms with Gasteiger partial charge in [0.1, 0.15) is 15.6 Å². The van der Waals surface area contributed by atoms with Gasteiger partial charge in [-0.2, -0.15) is 0 Å². The van der Waals surface area contributed by atoms with Crippen molar-refractivity contribution in [1.82, 2.24) is 9.97 Å². The summed E-state index contributed by atoms with van der Waals surface area (Å²) in [6.07, 6.45) is 0. The van der Waals surface area contributed by atoms with Crippen LogP contribution < -0.4 is 4.74 Å². The van der Waals surface area contributed by atoms with E-state index in [1.807, 2.05) is 24.3 Å². The minimum atomic E-state index is -0.938. The number of hydrogen-bond donors (Lipinski definition) is 2. The van der Waals surface area contributed by atoms with Crippen LogP contribution in [-0.2, 0) is 0 Å². The predicted octanol–water partition coefficient (Wildman–Crippen LogP) is 4.33. The Bertz CT molecular complexity index is 864. The molecule has 0 radical (unpaired) electrons. The van der Waals surface area contributed by atoms with Crippen LogP contribution in [0.25, 0.3) is 21.6 Å². The number of thiazole rings is 1. The van der Waals surface area contributed by atoms with E-state index in [1.54, 1.807) is 6.92 Å². The number of ether oxygens (including phenoxy) is 1. The Balaban J connectivity index is 1.93. The summed E-state index contributed by atoms with van der Waals surface area (Å²) in [6.45, 7) is 6.60. The molecule has 1 aromatic carbocycles. The summed E-state index contributed by atoms with van der Waals surface area (Å²) >= 11 is 1.18. The van der Waals surface area contributed by atoms with Crippen molar-refractivity contribution in [1.29, 1.82) is 0 Å². The number of aryl methyl sites for hydroxylation is 1. The van der Waals surface area contributed by atoms with Gasteiger partial charge in [0.2, 0.25) is 0 Å². The number of carbonyl (C=O) groups is 1. The van der Waals surface area contributed by atoms with Gasteiger partial charge in [-0.15, -0.1) is 11.3 Å². The van der Waals surface area contributed by atoms with Crippen molar-refractivity contribution in [2.75, 3.05) is 6.61 Å². The summed E-state index contributed by atoms with van der Waals surface area (Å²) in [5.41, 5.74) is 2.31. The van der Waals surface area contributed by atoms with Gasteiger partial charge < -0.3 is 14.8 Å². The smallest absolute Gasteiger partial charge is 0.347 e. The molecule has 6 heteroatoms. The molecule has 0 aliphatic carbocycles. The molecule has 120 valence electrons. The van der Waals surface area contributed by atoms with E-state index >= 15 is 0 Å². The van der Waals surface area contributed by atoms with Gasteiger partial charge in [0.15, 0.2) is 0 Å². The molecule has 0 saturated heterocycles. The number of aromatic nitrogens is 2. The number of nitrogens with one attached hydrogen (secondary N) is 1. The van der Waals surface area contributed by atoms with Crippen molar-refractivity contribution in [3.8, 4) is 16.5 Å². The maximum absolute atomic E-state index is 11.2. The number of aromatic carboxylic acids is 1. The van der Waals surface area contributed by atoms with Crippen LogP contribution in [0.4, 0.5) is 0 Å². The van der Waals surface area contributed by atoms with Crippen LogP contribution in [0.15, 0.2) is 24.3 Å². The van der Waals surface area contributed by atoms with E-state index in [0.29, 0.717) is 23.2 Å². The van der Waals surface area contributed by atoms with Crippen molar-refractivity contribution in [2.45, 2.75) is 20.8 Å². The van der Waals surface area contributed by atoms with Gasteiger partial charge in [-0.1, -0.05) is 13.8 Å². The van der Waals surface area contributed by atoms with Crippen LogP contribution in [-0.4, -0.2) is 27.7 Å². The van der Waals surface area contributed by atoms with Gasteiger partial charge in [0.05, 0.1) is 18.0 Å². The summed E-state index contributed by atoms with van der Waals surface area (Å²) in [7, 11) is 0. The monoisotopic (exact) mass is 330 g/mol. The summed E-state index contributed by atoms with van der Waals surface area (Å²) in [5, 5.41) is 10.9. The third kappa shape index (κ3) is 3.22. The molecule has 0 bridgehead atoms. The van der Waals surface area contributed by atoms with E-state index < -0.39 is 5.97 Å². The standard InChI is InChI=1S/C17H18N2O3S/c1-9(2)8-22-12-5-4-11-6-14(19-13(11)7-12)16-18-10(3)15(23-16)17(20)21/h4-7,9,19H,8H2,1-3H3,(H,20,21). The Labute approximate surface area is 137 Å². The Hall–Kier alpha value is -2.34. The zero-order valence-corrected chi connectivity index (χ0v) is 14.0. The van der Waals surface area contributed by atoms with E-state index in [4.69, 9.17) is 9.84 Å². The fourth-order valence-corrected chi connectivity index (χ4v) is 3.16. The first-order valence-electron chi connectivity index (χ1n) is 7.40. The molecule has 0 atom stereocenters. The first kappa shape index (κ1) is 15.6. The number of H-pyrrole nitrogens is 1. The van der Waals surface area contributed by atoms with Gasteiger partial charge in [0, 0.05) is 17.0 Å². The number of aromatic amines is 1. The zero-order chi connectivity index (χ0) is 16.6. The molecule has 3 rings (SSSR count). The molecule has 2 aromatic heterocycles. The minimum absolute atomic E-state index is 0.277. The molecule has 0 saturated carbocycles. The maximum Gasteiger partial charge on any atom is 0.347 e. The van der Waals surface area contributed by atoms with Crippen LogP contribution in [0.5, 0.6) is 5.75 Å². The van der Waals surface area contributed by atoms with E-state index in [1.165, 1.54) is 11.3 Å². The lowest BCUT2D eigenvalue weighted by atomic mass is 10.2. The fraction of sp³-hybridized carbons (Fsp3) is 0.294. The Kier molecular flexibility index (Phi) is 4.09. The number of fused-ring (bicyclic) bond motifs is 1. The first-order valence-corrected chi connectivity index (χ1v) is 8.22. The summed E-state index contributed by atoms with van der Waals surface area (Å²) < 4.78 is 5.73. The van der Waals surface area contributed by atoms with Crippen LogP contribution in [0.1, 0.15) is 29.2 Å². The molecule has 0 unspecified atom stereocenters. The molecule has 5 nitrogen and oxygen atoms in total. The normalized spacial score (nSPS) is 11.3. The van der Waals surface area contributed by atoms with Crippen molar-refractivity contribution in [2.24, 2.45) is 5.92 Å². The molecule has 23 heavy (non-hydrogen) atoms. The van der Waals surface area contributed by atoms with Crippen LogP contribution in [0, 0.1) is 12.8 Å². The number of hydrogen-bond acceptors (Lipinski definition) is 4. The second-order valence-electron chi connectivity index (χ2n) is 5.88. The lowest BCUT2D eigenvalue weighted by molar-refractivity contribution is 0.0701. The van der Waals surface area contributed by atoms with Gasteiger partial charge in [-0.05, 0) is 31.0 Å². The number of carboxylic acid groups (broad SMARTS) is 1. The Morgan fingerprint density at radius 2 is 2.17 bits per heavy atom. The lowest BCUT2D eigenvalue weighted by Gasteiger charge is -2.08. The van der Waals surface area contributed by atoms with E-state index in [2.05, 4.69) is 23.8 Å². The van der Waals surface area contributed by atoms with E-state index in [9.17, 15) is 4.79 Å². The second kappa shape index (κ2) is 6.04. The molecular weight excluding hydrogens is 312 g/mol. The number of benzene rings is 1. The fourth-order valence-electron chi connectivity index (χ4n) is 2.28. The maximum atomic E-state index is 11.2. The summed E-state index contributed by atoms with van der Waals surface area (Å²) in [5.74, 6) is 0.352. The quantitative estimate of drug-likeness (QED) is 0.730. The van der Waals surface area contributed by atoms with Crippen LogP contribution in [0.2, 0.25) is 0 Å². The zero-order valence-electron chi connectivity index (χ0n) is 13.2. The average Bonchev–Trinajstić information content (AvgIpc) is 3.07. The van der Waals surface area contributed by atoms with Crippen LogP contribution in [0.3, 0.4) is 0 Å². The van der Waals surface area contributed by atoms with Gasteiger partial charge in [0.25, 0.3) is 0 Å². The molecular formula is C17H18N2O3S. The Morgan fingerprint density at radius 1 is 1.39 bits per heavy atom. The van der Waals surface area contributed by atoms with E-state index in [0.717, 1.165) is 22.3 Å². The third-order valence-corrected chi connectivity index (χ3v) is 4.58. The lowest BCUT2D eigenvalue weighted by Crippen LogP contribution is -2.04. The molecule has 3 aromatic rings. The van der Waals surface area contributed by atoms with Crippen molar-refractivity contribution in [3.05, 3.63) is 34.8 Å². The highest BCUT2D eigenvalue weighted by Crippen LogP contribution is 2.31. The highest BCUT2D eigenvalue weighted by atomic mass is 32.1. The molecule has 0 fully saturated rings. The van der Waals surface area contributed by atoms with Gasteiger partial charge in [-0.25, -0.2) is 9.78 Å². The molecule has 0 aliphatic heterocycles. The van der Waals surface area contributed by atoms with Crippen molar-refractivity contribution in [3.63, 3.8) is 0 Å².